The number of hydrogen-bond acceptors (Lipinski definition) is 5. The van der Waals surface area contributed by atoms with Crippen LogP contribution in [0.15, 0.2) is 34.9 Å². The van der Waals surface area contributed by atoms with Crippen LogP contribution in [0.2, 0.25) is 0 Å². The van der Waals surface area contributed by atoms with E-state index in [1.807, 2.05) is 13.8 Å². The number of carbonyl (C=O) groups excluding carboxylic acids is 2. The monoisotopic (exact) mass is 400 g/mol. The Morgan fingerprint density at radius 2 is 1.93 bits per heavy atom. The first kappa shape index (κ1) is 20.8. The average Bonchev–Trinajstić information content (AvgIpc) is 2.99. The number of nitrogens with one attached hydrogen (secondary N) is 2. The lowest BCUT2D eigenvalue weighted by Gasteiger charge is -2.38. The number of furan rings is 1. The van der Waals surface area contributed by atoms with Gasteiger partial charge in [0.1, 0.15) is 29.0 Å². The summed E-state index contributed by atoms with van der Waals surface area (Å²) in [5, 5.41) is 5.79. The van der Waals surface area contributed by atoms with Crippen molar-refractivity contribution in [2.75, 3.05) is 5.32 Å². The van der Waals surface area contributed by atoms with Crippen LogP contribution in [-0.4, -0.2) is 23.2 Å². The fourth-order valence-electron chi connectivity index (χ4n) is 3.29. The molecule has 0 bridgehead atoms. The molecule has 2 amide bonds. The second-order valence-corrected chi connectivity index (χ2v) is 8.92. The predicted molar refractivity (Wildman–Crippen MR) is 109 cm³/mol. The van der Waals surface area contributed by atoms with Gasteiger partial charge in [0.15, 0.2) is 0 Å². The molecule has 1 aliphatic rings. The lowest BCUT2D eigenvalue weighted by atomic mass is 9.89. The molecule has 2 aromatic rings. The van der Waals surface area contributed by atoms with Gasteiger partial charge in [-0.15, -0.1) is 0 Å². The van der Waals surface area contributed by atoms with E-state index in [1.165, 1.54) is 6.26 Å². The van der Waals surface area contributed by atoms with Crippen LogP contribution in [0.1, 0.15) is 68.8 Å². The van der Waals surface area contributed by atoms with Crippen molar-refractivity contribution in [3.8, 4) is 5.75 Å². The minimum Gasteiger partial charge on any atom is -0.487 e. The maximum Gasteiger partial charge on any atom is 0.412 e. The first-order valence-electron chi connectivity index (χ1n) is 9.61. The first-order valence-corrected chi connectivity index (χ1v) is 9.61. The van der Waals surface area contributed by atoms with E-state index >= 15 is 0 Å². The zero-order valence-corrected chi connectivity index (χ0v) is 17.7. The summed E-state index contributed by atoms with van der Waals surface area (Å²) >= 11 is 0. The molecule has 2 heterocycles. The molecule has 0 unspecified atom stereocenters. The highest BCUT2D eigenvalue weighted by molar-refractivity contribution is 5.94. The topological polar surface area (TPSA) is 89.8 Å². The van der Waals surface area contributed by atoms with E-state index < -0.39 is 17.3 Å². The fourth-order valence-corrected chi connectivity index (χ4v) is 3.29. The van der Waals surface area contributed by atoms with Crippen molar-refractivity contribution in [3.05, 3.63) is 47.4 Å². The third kappa shape index (κ3) is 5.31. The van der Waals surface area contributed by atoms with Crippen LogP contribution in [0.4, 0.5) is 10.5 Å². The molecule has 0 saturated carbocycles. The highest BCUT2D eigenvalue weighted by Gasteiger charge is 2.35. The van der Waals surface area contributed by atoms with Crippen molar-refractivity contribution in [2.45, 2.75) is 65.2 Å². The van der Waals surface area contributed by atoms with E-state index in [1.54, 1.807) is 52.0 Å². The molecule has 0 aliphatic carbocycles. The molecule has 7 heteroatoms. The van der Waals surface area contributed by atoms with Gasteiger partial charge >= 0.3 is 6.09 Å². The molecule has 156 valence electrons. The molecule has 2 N–H and O–H groups in total. The SMILES string of the molecule is Cc1cc(C(=O)N[C@H]2CC(C)(C)Oc3ccc(NC(=O)OC(C)(C)C)cc32)co1. The molecule has 1 aliphatic heterocycles. The summed E-state index contributed by atoms with van der Waals surface area (Å²) in [5.74, 6) is 1.12. The van der Waals surface area contributed by atoms with Gasteiger partial charge in [0.25, 0.3) is 5.91 Å². The number of hydrogen-bond donors (Lipinski definition) is 2. The van der Waals surface area contributed by atoms with Gasteiger partial charge in [-0.1, -0.05) is 0 Å². The summed E-state index contributed by atoms with van der Waals surface area (Å²) in [6.07, 6.45) is 1.48. The number of aryl methyl sites for hydroxylation is 1. The second-order valence-electron chi connectivity index (χ2n) is 8.92. The molecule has 1 atom stereocenters. The van der Waals surface area contributed by atoms with Crippen molar-refractivity contribution in [1.29, 1.82) is 0 Å². The largest absolute Gasteiger partial charge is 0.487 e. The molecular weight excluding hydrogens is 372 g/mol. The number of fused-ring (bicyclic) bond motifs is 1. The highest BCUT2D eigenvalue weighted by Crippen LogP contribution is 2.41. The van der Waals surface area contributed by atoms with Gasteiger partial charge < -0.3 is 19.2 Å². The van der Waals surface area contributed by atoms with E-state index in [0.29, 0.717) is 29.2 Å². The van der Waals surface area contributed by atoms with Crippen LogP contribution in [0.5, 0.6) is 5.75 Å². The van der Waals surface area contributed by atoms with Crippen molar-refractivity contribution >= 4 is 17.7 Å². The summed E-state index contributed by atoms with van der Waals surface area (Å²) in [7, 11) is 0. The molecular formula is C22H28N2O5. The lowest BCUT2D eigenvalue weighted by molar-refractivity contribution is 0.0608. The van der Waals surface area contributed by atoms with Gasteiger partial charge in [-0.25, -0.2) is 4.79 Å². The third-order valence-electron chi connectivity index (χ3n) is 4.41. The van der Waals surface area contributed by atoms with E-state index in [0.717, 1.165) is 5.56 Å². The van der Waals surface area contributed by atoms with Crippen molar-refractivity contribution in [3.63, 3.8) is 0 Å². The molecule has 1 aromatic carbocycles. The summed E-state index contributed by atoms with van der Waals surface area (Å²) in [6, 6.07) is 6.77. The Morgan fingerprint density at radius 3 is 2.55 bits per heavy atom. The normalized spacial score (nSPS) is 17.7. The van der Waals surface area contributed by atoms with E-state index in [2.05, 4.69) is 10.6 Å². The maximum absolute atomic E-state index is 12.7. The van der Waals surface area contributed by atoms with Crippen LogP contribution < -0.4 is 15.4 Å². The van der Waals surface area contributed by atoms with Gasteiger partial charge in [-0.05, 0) is 65.8 Å². The van der Waals surface area contributed by atoms with Gasteiger partial charge in [0.05, 0.1) is 11.6 Å². The smallest absolute Gasteiger partial charge is 0.412 e. The second kappa shape index (κ2) is 7.46. The van der Waals surface area contributed by atoms with Crippen molar-refractivity contribution < 1.29 is 23.5 Å². The number of benzene rings is 1. The minimum absolute atomic E-state index is 0.221. The molecule has 0 radical (unpaired) electrons. The molecule has 7 nitrogen and oxygen atoms in total. The standard InChI is InChI=1S/C22H28N2O5/c1-13-9-14(12-27-13)19(25)24-17-11-22(5,6)28-18-8-7-15(10-16(17)18)23-20(26)29-21(2,3)4/h7-10,12,17H,11H2,1-6H3,(H,23,26)(H,24,25)/t17-/m0/s1. The van der Waals surface area contributed by atoms with E-state index in [-0.39, 0.29) is 11.9 Å². The summed E-state index contributed by atoms with van der Waals surface area (Å²) < 4.78 is 16.6. The van der Waals surface area contributed by atoms with Crippen molar-refractivity contribution in [2.24, 2.45) is 0 Å². The average molecular weight is 400 g/mol. The van der Waals surface area contributed by atoms with Crippen LogP contribution >= 0.6 is 0 Å². The van der Waals surface area contributed by atoms with Crippen LogP contribution in [0, 0.1) is 6.92 Å². The molecule has 29 heavy (non-hydrogen) atoms. The Bertz CT molecular complexity index is 924. The van der Waals surface area contributed by atoms with Crippen LogP contribution in [0.25, 0.3) is 0 Å². The molecule has 0 spiro atoms. The molecule has 1 aromatic heterocycles. The Morgan fingerprint density at radius 1 is 1.21 bits per heavy atom. The summed E-state index contributed by atoms with van der Waals surface area (Å²) in [5.41, 5.74) is 0.796. The first-order chi connectivity index (χ1) is 13.4. The number of rotatable bonds is 3. The third-order valence-corrected chi connectivity index (χ3v) is 4.41. The number of carbonyl (C=O) groups is 2. The minimum atomic E-state index is -0.593. The molecule has 0 fully saturated rings. The Balaban J connectivity index is 1.83. The van der Waals surface area contributed by atoms with Crippen molar-refractivity contribution in [1.82, 2.24) is 5.32 Å². The molecule has 0 saturated heterocycles. The summed E-state index contributed by atoms with van der Waals surface area (Å²) in [6.45, 7) is 11.2. The lowest BCUT2D eigenvalue weighted by Crippen LogP contribution is -2.41. The Kier molecular flexibility index (Phi) is 5.34. The zero-order valence-electron chi connectivity index (χ0n) is 17.7. The Hall–Kier alpha value is -2.96. The Labute approximate surface area is 170 Å². The summed E-state index contributed by atoms with van der Waals surface area (Å²) in [4.78, 5) is 24.8. The van der Waals surface area contributed by atoms with E-state index in [9.17, 15) is 9.59 Å². The maximum atomic E-state index is 12.7. The van der Waals surface area contributed by atoms with Gasteiger partial charge in [0, 0.05) is 17.7 Å². The highest BCUT2D eigenvalue weighted by atomic mass is 16.6. The van der Waals surface area contributed by atoms with Gasteiger partial charge in [-0.2, -0.15) is 0 Å². The van der Waals surface area contributed by atoms with Gasteiger partial charge in [0.2, 0.25) is 0 Å². The number of amides is 2. The van der Waals surface area contributed by atoms with E-state index in [4.69, 9.17) is 13.9 Å². The van der Waals surface area contributed by atoms with Crippen LogP contribution in [-0.2, 0) is 4.74 Å². The molecule has 3 rings (SSSR count). The zero-order chi connectivity index (χ0) is 21.4. The van der Waals surface area contributed by atoms with Crippen LogP contribution in [0.3, 0.4) is 0 Å². The number of anilines is 1. The number of ether oxygens (including phenoxy) is 2. The fraction of sp³-hybridized carbons (Fsp3) is 0.455. The van der Waals surface area contributed by atoms with Gasteiger partial charge in [-0.3, -0.25) is 10.1 Å². The quantitative estimate of drug-likeness (QED) is 0.759. The predicted octanol–water partition coefficient (Wildman–Crippen LogP) is 4.97.